The van der Waals surface area contributed by atoms with E-state index in [2.05, 4.69) is 0 Å². The molecule has 0 saturated heterocycles. The lowest BCUT2D eigenvalue weighted by molar-refractivity contribution is 0.0799. The molecule has 5 heteroatoms. The first-order valence-corrected chi connectivity index (χ1v) is 6.55. The Morgan fingerprint density at radius 3 is 2.76 bits per heavy atom. The van der Waals surface area contributed by atoms with E-state index in [1.807, 2.05) is 19.9 Å². The summed E-state index contributed by atoms with van der Waals surface area (Å²) in [6.45, 7) is 3.94. The van der Waals surface area contributed by atoms with Crippen LogP contribution in [0.15, 0.2) is 17.0 Å². The van der Waals surface area contributed by atoms with Crippen LogP contribution in [0.1, 0.15) is 25.8 Å². The molecule has 0 radical (unpaired) electrons. The van der Waals surface area contributed by atoms with Crippen LogP contribution in [-0.4, -0.2) is 21.5 Å². The van der Waals surface area contributed by atoms with Gasteiger partial charge in [-0.15, -0.1) is 0 Å². The summed E-state index contributed by atoms with van der Waals surface area (Å²) in [4.78, 5) is 0.234. The average Bonchev–Trinajstić information content (AvgIpc) is 2.25. The fourth-order valence-electron chi connectivity index (χ4n) is 1.98. The number of fused-ring (bicyclic) bond motifs is 1. The van der Waals surface area contributed by atoms with Crippen molar-refractivity contribution in [3.8, 4) is 11.5 Å². The molecule has 1 heterocycles. The predicted molar refractivity (Wildman–Crippen MR) is 65.1 cm³/mol. The Kier molecular flexibility index (Phi) is 3.14. The Balaban J connectivity index is 2.59. The summed E-state index contributed by atoms with van der Waals surface area (Å²) in [7, 11) is 1.48. The third-order valence-corrected chi connectivity index (χ3v) is 3.66. The summed E-state index contributed by atoms with van der Waals surface area (Å²) in [6.07, 6.45) is 1.74. The maximum absolute atomic E-state index is 11.4. The Labute approximate surface area is 103 Å². The van der Waals surface area contributed by atoms with Crippen molar-refractivity contribution in [3.05, 3.63) is 17.7 Å². The van der Waals surface area contributed by atoms with Gasteiger partial charge in [-0.2, -0.15) is 0 Å². The number of rotatable bonds is 2. The molecule has 0 fully saturated rings. The molecule has 0 saturated carbocycles. The normalized spacial score (nSPS) is 19.1. The van der Waals surface area contributed by atoms with Crippen LogP contribution in [0.3, 0.4) is 0 Å². The predicted octanol–water partition coefficient (Wildman–Crippen LogP) is 2.38. The highest BCUT2D eigenvalue weighted by Gasteiger charge is 2.31. The topological polar surface area (TPSA) is 55.8 Å². The van der Waals surface area contributed by atoms with Crippen LogP contribution in [0.25, 0.3) is 0 Å². The third-order valence-electron chi connectivity index (χ3n) is 2.93. The fourth-order valence-corrected chi connectivity index (χ4v) is 2.64. The van der Waals surface area contributed by atoms with E-state index in [0.29, 0.717) is 11.5 Å². The molecule has 1 unspecified atom stereocenters. The summed E-state index contributed by atoms with van der Waals surface area (Å²) in [5.41, 5.74) is 0.649. The van der Waals surface area contributed by atoms with E-state index < -0.39 is 11.1 Å². The summed E-state index contributed by atoms with van der Waals surface area (Å²) in [6, 6.07) is 3.60. The van der Waals surface area contributed by atoms with Gasteiger partial charge in [0.15, 0.2) is 16.0 Å². The Hall–Kier alpha value is -1.07. The average molecular weight is 256 g/mol. The Bertz CT molecular complexity index is 468. The molecule has 1 N–H and O–H groups in total. The summed E-state index contributed by atoms with van der Waals surface area (Å²) >= 11 is -2.11. The minimum Gasteiger partial charge on any atom is -0.495 e. The number of benzene rings is 1. The van der Waals surface area contributed by atoms with Crippen molar-refractivity contribution >= 4 is 11.1 Å². The zero-order valence-corrected chi connectivity index (χ0v) is 11.0. The molecule has 4 nitrogen and oxygen atoms in total. The van der Waals surface area contributed by atoms with Crippen LogP contribution in [0.4, 0.5) is 0 Å². The van der Waals surface area contributed by atoms with Gasteiger partial charge in [-0.3, -0.25) is 0 Å². The largest absolute Gasteiger partial charge is 0.495 e. The lowest BCUT2D eigenvalue weighted by atomic mass is 9.94. The number of methoxy groups -OCH3 is 1. The van der Waals surface area contributed by atoms with E-state index in [9.17, 15) is 8.76 Å². The first-order chi connectivity index (χ1) is 7.94. The quantitative estimate of drug-likeness (QED) is 0.825. The molecule has 0 amide bonds. The summed E-state index contributed by atoms with van der Waals surface area (Å²) < 4.78 is 31.7. The first kappa shape index (κ1) is 12.4. The molecule has 94 valence electrons. The lowest BCUT2D eigenvalue weighted by Gasteiger charge is -2.33. The Morgan fingerprint density at radius 2 is 2.18 bits per heavy atom. The minimum absolute atomic E-state index is 0.234. The van der Waals surface area contributed by atoms with Crippen molar-refractivity contribution in [1.29, 1.82) is 0 Å². The van der Waals surface area contributed by atoms with Gasteiger partial charge < -0.3 is 14.0 Å². The van der Waals surface area contributed by atoms with Gasteiger partial charge in [-0.05, 0) is 38.3 Å². The number of hydrogen-bond acceptors (Lipinski definition) is 3. The first-order valence-electron chi connectivity index (χ1n) is 5.44. The van der Waals surface area contributed by atoms with Crippen molar-refractivity contribution in [2.75, 3.05) is 7.11 Å². The second kappa shape index (κ2) is 4.31. The zero-order valence-electron chi connectivity index (χ0n) is 10.1. The third kappa shape index (κ3) is 2.30. The van der Waals surface area contributed by atoms with Gasteiger partial charge >= 0.3 is 0 Å². The highest BCUT2D eigenvalue weighted by Crippen LogP contribution is 2.41. The van der Waals surface area contributed by atoms with Crippen molar-refractivity contribution in [2.45, 2.75) is 37.2 Å². The van der Waals surface area contributed by atoms with Gasteiger partial charge in [0, 0.05) is 0 Å². The smallest absolute Gasteiger partial charge is 0.194 e. The highest BCUT2D eigenvalue weighted by molar-refractivity contribution is 7.79. The van der Waals surface area contributed by atoms with Gasteiger partial charge in [-0.25, -0.2) is 4.21 Å². The van der Waals surface area contributed by atoms with Crippen LogP contribution >= 0.6 is 0 Å². The van der Waals surface area contributed by atoms with Crippen LogP contribution in [0, 0.1) is 0 Å². The second-order valence-corrected chi connectivity index (χ2v) is 5.60. The molecule has 1 atom stereocenters. The summed E-state index contributed by atoms with van der Waals surface area (Å²) in [5, 5.41) is 0. The van der Waals surface area contributed by atoms with Crippen LogP contribution < -0.4 is 9.47 Å². The van der Waals surface area contributed by atoms with E-state index in [1.165, 1.54) is 7.11 Å². The second-order valence-electron chi connectivity index (χ2n) is 4.70. The molecule has 0 bridgehead atoms. The van der Waals surface area contributed by atoms with Crippen molar-refractivity contribution in [3.63, 3.8) is 0 Å². The monoisotopic (exact) mass is 256 g/mol. The molecule has 1 aliphatic heterocycles. The fraction of sp³-hybridized carbons (Fsp3) is 0.500. The molecule has 1 aromatic carbocycles. The molecular weight excluding hydrogens is 240 g/mol. The van der Waals surface area contributed by atoms with Gasteiger partial charge in [0.2, 0.25) is 0 Å². The highest BCUT2D eigenvalue weighted by atomic mass is 32.2. The zero-order chi connectivity index (χ0) is 12.6. The van der Waals surface area contributed by atoms with Crippen molar-refractivity contribution < 1.29 is 18.2 Å². The molecule has 1 aromatic rings. The van der Waals surface area contributed by atoms with Gasteiger partial charge in [0.1, 0.15) is 17.1 Å². The number of aryl methyl sites for hydroxylation is 1. The van der Waals surface area contributed by atoms with Gasteiger partial charge in [0.25, 0.3) is 0 Å². The van der Waals surface area contributed by atoms with E-state index in [-0.39, 0.29) is 10.5 Å². The van der Waals surface area contributed by atoms with Crippen LogP contribution in [0.5, 0.6) is 11.5 Å². The molecule has 2 rings (SSSR count). The van der Waals surface area contributed by atoms with Crippen LogP contribution in [0.2, 0.25) is 0 Å². The summed E-state index contributed by atoms with van der Waals surface area (Å²) in [5.74, 6) is 0.892. The SMILES string of the molecule is COc1ccc2c(c1S(=O)O)OC(C)(C)CC2. The molecule has 0 aliphatic carbocycles. The standard InChI is InChI=1S/C12H16O4S/c1-12(2)7-6-8-4-5-9(15-3)11(17(13)14)10(8)16-12/h4-5H,6-7H2,1-3H3,(H,13,14). The van der Waals surface area contributed by atoms with E-state index in [0.717, 1.165) is 18.4 Å². The van der Waals surface area contributed by atoms with Crippen molar-refractivity contribution in [1.82, 2.24) is 0 Å². The van der Waals surface area contributed by atoms with E-state index in [4.69, 9.17) is 9.47 Å². The minimum atomic E-state index is -2.11. The van der Waals surface area contributed by atoms with Crippen LogP contribution in [-0.2, 0) is 17.5 Å². The number of ether oxygens (including phenoxy) is 2. The van der Waals surface area contributed by atoms with Crippen molar-refractivity contribution in [2.24, 2.45) is 0 Å². The molecular formula is C12H16O4S. The molecule has 1 aliphatic rings. The maximum Gasteiger partial charge on any atom is 0.194 e. The molecule has 17 heavy (non-hydrogen) atoms. The van der Waals surface area contributed by atoms with Gasteiger partial charge in [-0.1, -0.05) is 6.07 Å². The van der Waals surface area contributed by atoms with E-state index >= 15 is 0 Å². The lowest BCUT2D eigenvalue weighted by Crippen LogP contribution is -2.33. The van der Waals surface area contributed by atoms with E-state index in [1.54, 1.807) is 6.07 Å². The molecule has 0 spiro atoms. The number of hydrogen-bond donors (Lipinski definition) is 1. The Morgan fingerprint density at radius 1 is 1.47 bits per heavy atom. The van der Waals surface area contributed by atoms with Gasteiger partial charge in [0.05, 0.1) is 7.11 Å². The molecule has 0 aromatic heterocycles. The maximum atomic E-state index is 11.4.